The summed E-state index contributed by atoms with van der Waals surface area (Å²) in [4.78, 5) is 16.2. The van der Waals surface area contributed by atoms with Crippen LogP contribution in [0.15, 0.2) is 30.3 Å². The molecule has 0 amide bonds. The molecule has 2 fully saturated rings. The molecule has 6 heteroatoms. The van der Waals surface area contributed by atoms with Crippen molar-refractivity contribution in [1.82, 2.24) is 19.5 Å². The lowest BCUT2D eigenvalue weighted by Gasteiger charge is -2.39. The van der Waals surface area contributed by atoms with Crippen LogP contribution in [0.25, 0.3) is 11.0 Å². The number of hydrogen-bond donors (Lipinski definition) is 0. The Balaban J connectivity index is 1.39. The van der Waals surface area contributed by atoms with Gasteiger partial charge in [0.1, 0.15) is 22.6 Å². The average Bonchev–Trinajstić information content (AvgIpc) is 3.32. The van der Waals surface area contributed by atoms with Gasteiger partial charge in [0.05, 0.1) is 17.0 Å². The van der Waals surface area contributed by atoms with Crippen molar-refractivity contribution in [2.45, 2.75) is 24.7 Å². The van der Waals surface area contributed by atoms with Gasteiger partial charge in [0.15, 0.2) is 0 Å². The predicted molar refractivity (Wildman–Crippen MR) is 94.7 cm³/mol. The van der Waals surface area contributed by atoms with E-state index in [1.165, 1.54) is 18.4 Å². The smallest absolute Gasteiger partial charge is 0.135 e. The molecule has 1 aliphatic heterocycles. The molecule has 2 aliphatic rings. The Labute approximate surface area is 145 Å². The number of halogens is 1. The highest BCUT2D eigenvalue weighted by atomic mass is 35.5. The van der Waals surface area contributed by atoms with Crippen LogP contribution in [0.3, 0.4) is 0 Å². The Morgan fingerprint density at radius 2 is 1.83 bits per heavy atom. The van der Waals surface area contributed by atoms with E-state index in [1.54, 1.807) is 0 Å². The van der Waals surface area contributed by atoms with E-state index in [1.807, 2.05) is 12.1 Å². The van der Waals surface area contributed by atoms with E-state index in [4.69, 9.17) is 21.6 Å². The molecule has 2 aromatic heterocycles. The number of rotatable bonds is 3. The SMILES string of the molecule is Cn1c(C2CN(c3cc(Cl)nc(C4CC4)n3)C2)nc2ccccc21. The largest absolute Gasteiger partial charge is 0.355 e. The van der Waals surface area contributed by atoms with Crippen LogP contribution in [0, 0.1) is 0 Å². The standard InChI is InChI=1S/C18H18ClN5/c1-23-14-5-3-2-4-13(14)20-18(23)12-9-24(10-12)16-8-15(19)21-17(22-16)11-6-7-11/h2-5,8,11-12H,6-7,9-10H2,1H3. The molecule has 24 heavy (non-hydrogen) atoms. The first kappa shape index (κ1) is 14.2. The second-order valence-corrected chi connectivity index (χ2v) is 7.19. The summed E-state index contributed by atoms with van der Waals surface area (Å²) in [7, 11) is 2.10. The first-order chi connectivity index (χ1) is 11.7. The van der Waals surface area contributed by atoms with E-state index in [0.29, 0.717) is 17.0 Å². The van der Waals surface area contributed by atoms with Gasteiger partial charge < -0.3 is 9.47 Å². The van der Waals surface area contributed by atoms with E-state index < -0.39 is 0 Å². The molecular weight excluding hydrogens is 322 g/mol. The van der Waals surface area contributed by atoms with Crippen LogP contribution in [0.4, 0.5) is 5.82 Å². The van der Waals surface area contributed by atoms with Gasteiger partial charge in [0.25, 0.3) is 0 Å². The summed E-state index contributed by atoms with van der Waals surface area (Å²) in [6, 6.07) is 10.2. The molecule has 122 valence electrons. The predicted octanol–water partition coefficient (Wildman–Crippen LogP) is 3.50. The van der Waals surface area contributed by atoms with Crippen molar-refractivity contribution in [2.24, 2.45) is 7.05 Å². The van der Waals surface area contributed by atoms with Crippen LogP contribution in [-0.2, 0) is 7.05 Å². The Hall–Kier alpha value is -2.14. The van der Waals surface area contributed by atoms with Gasteiger partial charge in [-0.3, -0.25) is 0 Å². The number of aryl methyl sites for hydroxylation is 1. The summed E-state index contributed by atoms with van der Waals surface area (Å²) in [5.74, 6) is 3.95. The lowest BCUT2D eigenvalue weighted by molar-refractivity contribution is 0.485. The summed E-state index contributed by atoms with van der Waals surface area (Å²) in [5.41, 5.74) is 2.25. The van der Waals surface area contributed by atoms with Crippen molar-refractivity contribution in [3.8, 4) is 0 Å². The number of hydrogen-bond acceptors (Lipinski definition) is 4. The molecule has 1 aromatic carbocycles. The number of benzene rings is 1. The number of anilines is 1. The second-order valence-electron chi connectivity index (χ2n) is 6.80. The maximum atomic E-state index is 6.18. The van der Waals surface area contributed by atoms with Crippen molar-refractivity contribution in [3.63, 3.8) is 0 Å². The van der Waals surface area contributed by atoms with E-state index >= 15 is 0 Å². The third kappa shape index (κ3) is 2.26. The van der Waals surface area contributed by atoms with E-state index in [2.05, 4.69) is 39.7 Å². The highest BCUT2D eigenvalue weighted by Crippen LogP contribution is 2.40. The van der Waals surface area contributed by atoms with Crippen LogP contribution in [-0.4, -0.2) is 32.6 Å². The first-order valence-electron chi connectivity index (χ1n) is 8.40. The molecule has 0 N–H and O–H groups in total. The molecule has 5 rings (SSSR count). The second kappa shape index (κ2) is 5.18. The monoisotopic (exact) mass is 339 g/mol. The Morgan fingerprint density at radius 3 is 2.58 bits per heavy atom. The van der Waals surface area contributed by atoms with Crippen molar-refractivity contribution in [3.05, 3.63) is 47.1 Å². The van der Waals surface area contributed by atoms with Crippen molar-refractivity contribution < 1.29 is 0 Å². The minimum absolute atomic E-state index is 0.431. The summed E-state index contributed by atoms with van der Waals surface area (Å²) in [6.07, 6.45) is 2.37. The fraction of sp³-hybridized carbons (Fsp3) is 0.389. The molecule has 3 aromatic rings. The van der Waals surface area contributed by atoms with Crippen molar-refractivity contribution >= 4 is 28.5 Å². The van der Waals surface area contributed by atoms with Crippen LogP contribution in [0.1, 0.15) is 36.3 Å². The molecular formula is C18H18ClN5. The van der Waals surface area contributed by atoms with Crippen LogP contribution in [0.2, 0.25) is 5.15 Å². The highest BCUT2D eigenvalue weighted by Gasteiger charge is 2.34. The van der Waals surface area contributed by atoms with Gasteiger partial charge >= 0.3 is 0 Å². The fourth-order valence-corrected chi connectivity index (χ4v) is 3.65. The van der Waals surface area contributed by atoms with Gasteiger partial charge in [-0.25, -0.2) is 15.0 Å². The Bertz CT molecular complexity index is 924. The van der Waals surface area contributed by atoms with Gasteiger partial charge in [0.2, 0.25) is 0 Å². The lowest BCUT2D eigenvalue weighted by atomic mass is 9.99. The summed E-state index contributed by atoms with van der Waals surface area (Å²) < 4.78 is 2.21. The minimum Gasteiger partial charge on any atom is -0.355 e. The summed E-state index contributed by atoms with van der Waals surface area (Å²) >= 11 is 6.18. The number of para-hydroxylation sites is 2. The normalized spacial score (nSPS) is 18.2. The molecule has 0 unspecified atom stereocenters. The minimum atomic E-state index is 0.431. The molecule has 3 heterocycles. The Kier molecular flexibility index (Phi) is 3.07. The third-order valence-electron chi connectivity index (χ3n) is 5.03. The zero-order valence-electron chi connectivity index (χ0n) is 13.5. The van der Waals surface area contributed by atoms with Gasteiger partial charge in [-0.15, -0.1) is 0 Å². The zero-order valence-corrected chi connectivity index (χ0v) is 14.2. The quantitative estimate of drug-likeness (QED) is 0.685. The molecule has 0 bridgehead atoms. The van der Waals surface area contributed by atoms with Gasteiger partial charge in [0, 0.05) is 32.1 Å². The summed E-state index contributed by atoms with van der Waals surface area (Å²) in [5, 5.41) is 0.549. The van der Waals surface area contributed by atoms with Crippen LogP contribution in [0.5, 0.6) is 0 Å². The number of nitrogens with zero attached hydrogens (tertiary/aromatic N) is 5. The lowest BCUT2D eigenvalue weighted by Crippen LogP contribution is -2.46. The molecule has 1 saturated heterocycles. The van der Waals surface area contributed by atoms with E-state index in [-0.39, 0.29) is 0 Å². The highest BCUT2D eigenvalue weighted by molar-refractivity contribution is 6.29. The maximum absolute atomic E-state index is 6.18. The zero-order chi connectivity index (χ0) is 16.3. The van der Waals surface area contributed by atoms with Crippen molar-refractivity contribution in [2.75, 3.05) is 18.0 Å². The van der Waals surface area contributed by atoms with Crippen LogP contribution < -0.4 is 4.90 Å². The number of aromatic nitrogens is 4. The molecule has 0 atom stereocenters. The third-order valence-corrected chi connectivity index (χ3v) is 5.23. The van der Waals surface area contributed by atoms with Gasteiger partial charge in [-0.2, -0.15) is 0 Å². The molecule has 0 spiro atoms. The summed E-state index contributed by atoms with van der Waals surface area (Å²) in [6.45, 7) is 1.85. The van der Waals surface area contributed by atoms with E-state index in [9.17, 15) is 0 Å². The first-order valence-corrected chi connectivity index (χ1v) is 8.77. The number of fused-ring (bicyclic) bond motifs is 1. The van der Waals surface area contributed by atoms with E-state index in [0.717, 1.165) is 36.1 Å². The topological polar surface area (TPSA) is 46.8 Å². The number of imidazole rings is 1. The van der Waals surface area contributed by atoms with Crippen LogP contribution >= 0.6 is 11.6 Å². The maximum Gasteiger partial charge on any atom is 0.135 e. The average molecular weight is 340 g/mol. The fourth-order valence-electron chi connectivity index (χ4n) is 3.47. The van der Waals surface area contributed by atoms with Gasteiger partial charge in [-0.1, -0.05) is 23.7 Å². The molecule has 1 saturated carbocycles. The molecule has 0 radical (unpaired) electrons. The van der Waals surface area contributed by atoms with Crippen molar-refractivity contribution in [1.29, 1.82) is 0 Å². The Morgan fingerprint density at radius 1 is 1.04 bits per heavy atom. The van der Waals surface area contributed by atoms with Gasteiger partial charge in [-0.05, 0) is 25.0 Å². The molecule has 5 nitrogen and oxygen atoms in total. The molecule has 1 aliphatic carbocycles.